The van der Waals surface area contributed by atoms with Gasteiger partial charge < -0.3 is 10.6 Å². The molecule has 0 saturated carbocycles. The highest BCUT2D eigenvalue weighted by Crippen LogP contribution is 2.26. The number of benzene rings is 3. The van der Waals surface area contributed by atoms with Gasteiger partial charge in [-0.2, -0.15) is 0 Å². The van der Waals surface area contributed by atoms with Crippen molar-refractivity contribution in [3.8, 4) is 0 Å². The van der Waals surface area contributed by atoms with Crippen LogP contribution in [0.4, 0.5) is 11.4 Å². The molecule has 0 saturated heterocycles. The van der Waals surface area contributed by atoms with Gasteiger partial charge in [-0.25, -0.2) is 8.42 Å². The lowest BCUT2D eigenvalue weighted by Gasteiger charge is -2.24. The zero-order valence-electron chi connectivity index (χ0n) is 20.8. The van der Waals surface area contributed by atoms with Crippen molar-refractivity contribution in [3.63, 3.8) is 0 Å². The van der Waals surface area contributed by atoms with Crippen LogP contribution in [0.5, 0.6) is 0 Å². The molecule has 2 amide bonds. The quantitative estimate of drug-likeness (QED) is 0.366. The Balaban J connectivity index is 1.89. The van der Waals surface area contributed by atoms with Crippen molar-refractivity contribution in [3.05, 3.63) is 83.9 Å². The van der Waals surface area contributed by atoms with Gasteiger partial charge in [0.2, 0.25) is 5.91 Å². The van der Waals surface area contributed by atoms with E-state index in [0.29, 0.717) is 23.5 Å². The van der Waals surface area contributed by atoms with Gasteiger partial charge in [0.25, 0.3) is 15.9 Å². The van der Waals surface area contributed by atoms with Crippen LogP contribution in [-0.2, 0) is 14.8 Å². The maximum absolute atomic E-state index is 13.6. The minimum absolute atomic E-state index is 0.0853. The predicted octanol–water partition coefficient (Wildman–Crippen LogP) is 4.94. The van der Waals surface area contributed by atoms with E-state index in [1.807, 2.05) is 27.0 Å². The molecule has 3 rings (SSSR count). The minimum Gasteiger partial charge on any atom is -0.352 e. The number of hydrogen-bond donors (Lipinski definition) is 2. The molecule has 0 spiro atoms. The largest absolute Gasteiger partial charge is 0.352 e. The molecule has 0 unspecified atom stereocenters. The molecule has 0 radical (unpaired) electrons. The smallest absolute Gasteiger partial charge is 0.264 e. The summed E-state index contributed by atoms with van der Waals surface area (Å²) in [5.74, 6) is -0.602. The SMILES string of the molecule is CSc1ccc(S(=O)(=O)N(CC(=O)Nc2ccccc2C(=O)NCC(C)C)c2ccc(C)cc2)cc1. The summed E-state index contributed by atoms with van der Waals surface area (Å²) in [6, 6.07) is 20.1. The van der Waals surface area contributed by atoms with Crippen LogP contribution in [-0.4, -0.2) is 39.6 Å². The molecule has 0 aromatic heterocycles. The fraction of sp³-hybridized carbons (Fsp3) is 0.259. The van der Waals surface area contributed by atoms with E-state index in [0.717, 1.165) is 14.8 Å². The first kappa shape index (κ1) is 27.3. The Morgan fingerprint density at radius 2 is 1.58 bits per heavy atom. The number of carbonyl (C=O) groups is 2. The zero-order valence-corrected chi connectivity index (χ0v) is 22.4. The number of anilines is 2. The Morgan fingerprint density at radius 3 is 2.19 bits per heavy atom. The summed E-state index contributed by atoms with van der Waals surface area (Å²) in [5, 5.41) is 5.56. The van der Waals surface area contributed by atoms with Gasteiger partial charge in [0.1, 0.15) is 6.54 Å². The van der Waals surface area contributed by atoms with Gasteiger partial charge in [-0.3, -0.25) is 13.9 Å². The number of para-hydroxylation sites is 1. The topological polar surface area (TPSA) is 95.6 Å². The number of carbonyl (C=O) groups excluding carboxylic acids is 2. The molecule has 7 nitrogen and oxygen atoms in total. The predicted molar refractivity (Wildman–Crippen MR) is 146 cm³/mol. The molecule has 2 N–H and O–H groups in total. The molecule has 3 aromatic carbocycles. The van der Waals surface area contributed by atoms with E-state index in [9.17, 15) is 18.0 Å². The Hall–Kier alpha value is -3.30. The Morgan fingerprint density at radius 1 is 0.944 bits per heavy atom. The maximum Gasteiger partial charge on any atom is 0.264 e. The lowest BCUT2D eigenvalue weighted by Crippen LogP contribution is -2.38. The number of hydrogen-bond acceptors (Lipinski definition) is 5. The molecule has 0 atom stereocenters. The van der Waals surface area contributed by atoms with Crippen LogP contribution < -0.4 is 14.9 Å². The van der Waals surface area contributed by atoms with E-state index < -0.39 is 22.5 Å². The summed E-state index contributed by atoms with van der Waals surface area (Å²) in [5.41, 5.74) is 1.96. The summed E-state index contributed by atoms with van der Waals surface area (Å²) in [6.45, 7) is 5.91. The fourth-order valence-electron chi connectivity index (χ4n) is 3.40. The molecular formula is C27H31N3O4S2. The highest BCUT2D eigenvalue weighted by atomic mass is 32.2. The first-order chi connectivity index (χ1) is 17.1. The number of nitrogens with zero attached hydrogens (tertiary/aromatic N) is 1. The number of aryl methyl sites for hydroxylation is 1. The van der Waals surface area contributed by atoms with Crippen LogP contribution >= 0.6 is 11.8 Å². The summed E-state index contributed by atoms with van der Waals surface area (Å²) in [6.07, 6.45) is 1.91. The van der Waals surface area contributed by atoms with Crippen molar-refractivity contribution in [2.75, 3.05) is 29.0 Å². The first-order valence-electron chi connectivity index (χ1n) is 11.5. The molecule has 0 bridgehead atoms. The molecule has 3 aromatic rings. The maximum atomic E-state index is 13.6. The van der Waals surface area contributed by atoms with Gasteiger partial charge >= 0.3 is 0 Å². The van der Waals surface area contributed by atoms with Crippen LogP contribution in [0, 0.1) is 12.8 Å². The van der Waals surface area contributed by atoms with Gasteiger partial charge in [-0.1, -0.05) is 43.7 Å². The van der Waals surface area contributed by atoms with Crippen LogP contribution in [0.3, 0.4) is 0 Å². The molecule has 0 aliphatic carbocycles. The Labute approximate surface area is 217 Å². The van der Waals surface area contributed by atoms with Gasteiger partial charge in [-0.15, -0.1) is 11.8 Å². The van der Waals surface area contributed by atoms with Crippen molar-refractivity contribution in [1.29, 1.82) is 0 Å². The third-order valence-electron chi connectivity index (χ3n) is 5.37. The van der Waals surface area contributed by atoms with Gasteiger partial charge in [0, 0.05) is 11.4 Å². The molecule has 36 heavy (non-hydrogen) atoms. The van der Waals surface area contributed by atoms with Gasteiger partial charge in [0.05, 0.1) is 21.8 Å². The van der Waals surface area contributed by atoms with Gasteiger partial charge in [-0.05, 0) is 67.6 Å². The molecule has 190 valence electrons. The van der Waals surface area contributed by atoms with Crippen LogP contribution in [0.15, 0.2) is 82.6 Å². The zero-order chi connectivity index (χ0) is 26.3. The summed E-state index contributed by atoms with van der Waals surface area (Å²) < 4.78 is 28.3. The van der Waals surface area contributed by atoms with E-state index in [-0.39, 0.29) is 16.7 Å². The van der Waals surface area contributed by atoms with Crippen LogP contribution in [0.2, 0.25) is 0 Å². The fourth-order valence-corrected chi connectivity index (χ4v) is 5.23. The molecular weight excluding hydrogens is 494 g/mol. The summed E-state index contributed by atoms with van der Waals surface area (Å²) in [4.78, 5) is 26.8. The van der Waals surface area contributed by atoms with Crippen molar-refractivity contribution in [2.45, 2.75) is 30.6 Å². The average Bonchev–Trinajstić information content (AvgIpc) is 2.86. The van der Waals surface area contributed by atoms with E-state index in [1.165, 1.54) is 23.9 Å². The molecule has 0 aliphatic rings. The highest BCUT2D eigenvalue weighted by Gasteiger charge is 2.27. The first-order valence-corrected chi connectivity index (χ1v) is 14.2. The number of nitrogens with one attached hydrogen (secondary N) is 2. The van der Waals surface area contributed by atoms with Crippen LogP contribution in [0.25, 0.3) is 0 Å². The summed E-state index contributed by atoms with van der Waals surface area (Å²) in [7, 11) is -4.04. The third kappa shape index (κ3) is 6.89. The van der Waals surface area contributed by atoms with Gasteiger partial charge in [0.15, 0.2) is 0 Å². The molecule has 0 heterocycles. The lowest BCUT2D eigenvalue weighted by molar-refractivity contribution is -0.114. The highest BCUT2D eigenvalue weighted by molar-refractivity contribution is 7.98. The average molecular weight is 526 g/mol. The number of amides is 2. The Bertz CT molecular complexity index is 1310. The summed E-state index contributed by atoms with van der Waals surface area (Å²) >= 11 is 1.51. The second kappa shape index (κ2) is 12.1. The minimum atomic E-state index is -4.04. The monoisotopic (exact) mass is 525 g/mol. The molecule has 0 fully saturated rings. The van der Waals surface area contributed by atoms with Crippen LogP contribution in [0.1, 0.15) is 29.8 Å². The van der Waals surface area contributed by atoms with Crippen molar-refractivity contribution in [2.24, 2.45) is 5.92 Å². The Kier molecular flexibility index (Phi) is 9.17. The third-order valence-corrected chi connectivity index (χ3v) is 7.90. The van der Waals surface area contributed by atoms with E-state index in [2.05, 4.69) is 10.6 Å². The van der Waals surface area contributed by atoms with E-state index in [4.69, 9.17) is 0 Å². The van der Waals surface area contributed by atoms with Crippen molar-refractivity contribution < 1.29 is 18.0 Å². The second-order valence-electron chi connectivity index (χ2n) is 8.72. The number of thioether (sulfide) groups is 1. The molecule has 9 heteroatoms. The molecule has 0 aliphatic heterocycles. The van der Waals surface area contributed by atoms with E-state index in [1.54, 1.807) is 60.7 Å². The normalized spacial score (nSPS) is 11.2. The standard InChI is InChI=1S/C27H31N3O4S2/c1-19(2)17-28-27(32)24-7-5-6-8-25(24)29-26(31)18-30(21-11-9-20(3)10-12-21)36(33,34)23-15-13-22(35-4)14-16-23/h5-16,19H,17-18H2,1-4H3,(H,28,32)(H,29,31). The number of rotatable bonds is 10. The van der Waals surface area contributed by atoms with E-state index >= 15 is 0 Å². The number of sulfonamides is 1. The van der Waals surface area contributed by atoms with Crippen molar-refractivity contribution >= 4 is 45.0 Å². The van der Waals surface area contributed by atoms with Crippen molar-refractivity contribution in [1.82, 2.24) is 5.32 Å². The second-order valence-corrected chi connectivity index (χ2v) is 11.5. The lowest BCUT2D eigenvalue weighted by atomic mass is 10.1.